The average Bonchev–Trinajstić information content (AvgIpc) is 3.27. The molecule has 0 aliphatic carbocycles. The Morgan fingerprint density at radius 1 is 1.20 bits per heavy atom. The molecule has 3 heterocycles. The number of ether oxygens (including phenoxy) is 2. The molecule has 25 heavy (non-hydrogen) atoms. The smallest absolute Gasteiger partial charge is 0.234 e. The molecule has 1 saturated heterocycles. The Balaban J connectivity index is 1.74. The van der Waals surface area contributed by atoms with Crippen LogP contribution >= 0.6 is 11.3 Å². The standard InChI is InChI=1S/C15H16N4O4S2/c1-22-11-4-3-9(7-12(11)23-2)13-16-17-15-19(13)18-14(24-15)10-5-6-25(20,21)8-10/h3-4,7,10H,5-6,8H2,1-2H3/t10-/m1/s1. The van der Waals surface area contributed by atoms with Crippen molar-refractivity contribution in [2.75, 3.05) is 25.7 Å². The van der Waals surface area contributed by atoms with E-state index in [1.165, 1.54) is 11.3 Å². The lowest BCUT2D eigenvalue weighted by Crippen LogP contribution is -2.04. The molecule has 4 rings (SSSR count). The third-order valence-electron chi connectivity index (χ3n) is 4.23. The van der Waals surface area contributed by atoms with E-state index in [4.69, 9.17) is 9.47 Å². The zero-order valence-corrected chi connectivity index (χ0v) is 15.3. The highest BCUT2D eigenvalue weighted by Gasteiger charge is 2.32. The highest BCUT2D eigenvalue weighted by molar-refractivity contribution is 7.91. The van der Waals surface area contributed by atoms with E-state index in [0.29, 0.717) is 28.7 Å². The molecule has 2 aromatic heterocycles. The van der Waals surface area contributed by atoms with Gasteiger partial charge < -0.3 is 9.47 Å². The van der Waals surface area contributed by atoms with Crippen LogP contribution in [0.5, 0.6) is 11.5 Å². The first-order chi connectivity index (χ1) is 12.0. The Hall–Kier alpha value is -2.20. The van der Waals surface area contributed by atoms with Crippen LogP contribution in [-0.4, -0.2) is 54.0 Å². The van der Waals surface area contributed by atoms with E-state index in [-0.39, 0.29) is 17.4 Å². The summed E-state index contributed by atoms with van der Waals surface area (Å²) in [5.41, 5.74) is 0.793. The lowest BCUT2D eigenvalue weighted by molar-refractivity contribution is 0.355. The monoisotopic (exact) mass is 380 g/mol. The Labute approximate surface area is 148 Å². The molecule has 1 fully saturated rings. The second-order valence-corrected chi connectivity index (χ2v) is 9.04. The second kappa shape index (κ2) is 5.95. The molecule has 0 bridgehead atoms. The zero-order valence-electron chi connectivity index (χ0n) is 13.7. The maximum atomic E-state index is 11.7. The van der Waals surface area contributed by atoms with Gasteiger partial charge in [-0.2, -0.15) is 9.61 Å². The van der Waals surface area contributed by atoms with Crippen molar-refractivity contribution in [2.45, 2.75) is 12.3 Å². The first-order valence-electron chi connectivity index (χ1n) is 7.65. The lowest BCUT2D eigenvalue weighted by atomic mass is 10.1. The molecule has 0 radical (unpaired) electrons. The molecule has 0 saturated carbocycles. The van der Waals surface area contributed by atoms with E-state index >= 15 is 0 Å². The number of hydrogen-bond donors (Lipinski definition) is 0. The van der Waals surface area contributed by atoms with Gasteiger partial charge in [0.05, 0.1) is 25.7 Å². The van der Waals surface area contributed by atoms with Crippen LogP contribution in [0.2, 0.25) is 0 Å². The van der Waals surface area contributed by atoms with Crippen molar-refractivity contribution in [1.82, 2.24) is 19.8 Å². The zero-order chi connectivity index (χ0) is 17.6. The summed E-state index contributed by atoms with van der Waals surface area (Å²) < 4.78 is 35.6. The van der Waals surface area contributed by atoms with Crippen molar-refractivity contribution in [1.29, 1.82) is 0 Å². The molecule has 10 heteroatoms. The van der Waals surface area contributed by atoms with Gasteiger partial charge in [-0.25, -0.2) is 8.42 Å². The summed E-state index contributed by atoms with van der Waals surface area (Å²) in [4.78, 5) is 0.643. The molecule has 0 amide bonds. The number of sulfone groups is 1. The molecule has 1 aliphatic heterocycles. The summed E-state index contributed by atoms with van der Waals surface area (Å²) in [5, 5.41) is 13.7. The fourth-order valence-corrected chi connectivity index (χ4v) is 5.77. The molecule has 1 atom stereocenters. The van der Waals surface area contributed by atoms with Gasteiger partial charge in [-0.05, 0) is 24.6 Å². The van der Waals surface area contributed by atoms with Gasteiger partial charge in [0, 0.05) is 11.5 Å². The summed E-state index contributed by atoms with van der Waals surface area (Å²) in [6.07, 6.45) is 0.609. The number of hydrogen-bond acceptors (Lipinski definition) is 8. The Morgan fingerprint density at radius 3 is 2.68 bits per heavy atom. The molecule has 1 aliphatic rings. The molecule has 1 aromatic carbocycles. The highest BCUT2D eigenvalue weighted by Crippen LogP contribution is 2.34. The molecule has 0 unspecified atom stereocenters. The molecule has 0 N–H and O–H groups in total. The van der Waals surface area contributed by atoms with Crippen LogP contribution in [0, 0.1) is 0 Å². The summed E-state index contributed by atoms with van der Waals surface area (Å²) in [6.45, 7) is 0. The van der Waals surface area contributed by atoms with E-state index in [0.717, 1.165) is 10.6 Å². The van der Waals surface area contributed by atoms with E-state index in [1.807, 2.05) is 12.1 Å². The van der Waals surface area contributed by atoms with Gasteiger partial charge in [0.2, 0.25) is 4.96 Å². The molecule has 0 spiro atoms. The predicted octanol–water partition coefficient (Wildman–Crippen LogP) is 1.77. The number of benzene rings is 1. The topological polar surface area (TPSA) is 95.7 Å². The first kappa shape index (κ1) is 16.3. The fourth-order valence-electron chi connectivity index (χ4n) is 2.94. The van der Waals surface area contributed by atoms with Crippen LogP contribution < -0.4 is 9.47 Å². The van der Waals surface area contributed by atoms with Crippen LogP contribution in [0.15, 0.2) is 18.2 Å². The van der Waals surface area contributed by atoms with Crippen LogP contribution in [-0.2, 0) is 9.84 Å². The largest absolute Gasteiger partial charge is 0.493 e. The fraction of sp³-hybridized carbons (Fsp3) is 0.400. The van der Waals surface area contributed by atoms with Crippen molar-refractivity contribution in [3.63, 3.8) is 0 Å². The maximum absolute atomic E-state index is 11.7. The van der Waals surface area contributed by atoms with Crippen LogP contribution in [0.25, 0.3) is 16.3 Å². The van der Waals surface area contributed by atoms with Crippen molar-refractivity contribution < 1.29 is 17.9 Å². The summed E-state index contributed by atoms with van der Waals surface area (Å²) in [6, 6.07) is 5.47. The van der Waals surface area contributed by atoms with E-state index in [1.54, 1.807) is 24.8 Å². The van der Waals surface area contributed by atoms with Crippen LogP contribution in [0.3, 0.4) is 0 Å². The minimum absolute atomic E-state index is 0.0602. The molecule has 132 valence electrons. The molecule has 8 nitrogen and oxygen atoms in total. The molecular weight excluding hydrogens is 364 g/mol. The summed E-state index contributed by atoms with van der Waals surface area (Å²) in [7, 11) is 0.198. The number of aromatic nitrogens is 4. The Kier molecular flexibility index (Phi) is 3.88. The summed E-state index contributed by atoms with van der Waals surface area (Å²) in [5.74, 6) is 2.12. The Bertz CT molecular complexity index is 1040. The van der Waals surface area contributed by atoms with Gasteiger partial charge in [0.1, 0.15) is 5.01 Å². The Morgan fingerprint density at radius 2 is 2.00 bits per heavy atom. The minimum Gasteiger partial charge on any atom is -0.493 e. The normalized spacial score (nSPS) is 19.4. The van der Waals surface area contributed by atoms with Crippen molar-refractivity contribution in [2.24, 2.45) is 0 Å². The average molecular weight is 380 g/mol. The third-order valence-corrected chi connectivity index (χ3v) is 7.06. The van der Waals surface area contributed by atoms with Crippen LogP contribution in [0.1, 0.15) is 17.3 Å². The highest BCUT2D eigenvalue weighted by atomic mass is 32.2. The van der Waals surface area contributed by atoms with Gasteiger partial charge in [-0.15, -0.1) is 10.2 Å². The first-order valence-corrected chi connectivity index (χ1v) is 10.3. The van der Waals surface area contributed by atoms with Gasteiger partial charge in [-0.1, -0.05) is 11.3 Å². The SMILES string of the molecule is COc1ccc(-c2nnc3sc([C@@H]4CCS(=O)(=O)C4)nn23)cc1OC. The predicted molar refractivity (Wildman–Crippen MR) is 93.2 cm³/mol. The summed E-state index contributed by atoms with van der Waals surface area (Å²) >= 11 is 1.39. The van der Waals surface area contributed by atoms with Crippen molar-refractivity contribution >= 4 is 26.1 Å². The molecular formula is C15H16N4O4S2. The van der Waals surface area contributed by atoms with Crippen molar-refractivity contribution in [3.05, 3.63) is 23.2 Å². The quantitative estimate of drug-likeness (QED) is 0.680. The molecule has 3 aromatic rings. The van der Waals surface area contributed by atoms with Gasteiger partial charge in [0.15, 0.2) is 27.2 Å². The number of nitrogens with zero attached hydrogens (tertiary/aromatic N) is 4. The van der Waals surface area contributed by atoms with E-state index in [2.05, 4.69) is 15.3 Å². The lowest BCUT2D eigenvalue weighted by Gasteiger charge is -2.08. The number of fused-ring (bicyclic) bond motifs is 1. The number of methoxy groups -OCH3 is 2. The maximum Gasteiger partial charge on any atom is 0.234 e. The van der Waals surface area contributed by atoms with Crippen molar-refractivity contribution in [3.8, 4) is 22.9 Å². The second-order valence-electron chi connectivity index (χ2n) is 5.83. The van der Waals surface area contributed by atoms with Gasteiger partial charge in [0.25, 0.3) is 0 Å². The van der Waals surface area contributed by atoms with Gasteiger partial charge in [-0.3, -0.25) is 0 Å². The minimum atomic E-state index is -2.95. The van der Waals surface area contributed by atoms with Crippen LogP contribution in [0.4, 0.5) is 0 Å². The van der Waals surface area contributed by atoms with E-state index in [9.17, 15) is 8.42 Å². The third kappa shape index (κ3) is 2.85. The van der Waals surface area contributed by atoms with Gasteiger partial charge >= 0.3 is 0 Å². The van der Waals surface area contributed by atoms with E-state index < -0.39 is 9.84 Å². The number of rotatable bonds is 4.